The quantitative estimate of drug-likeness (QED) is 0.895. The van der Waals surface area contributed by atoms with Gasteiger partial charge in [-0.1, -0.05) is 12.1 Å². The van der Waals surface area contributed by atoms with Crippen LogP contribution >= 0.6 is 11.8 Å². The van der Waals surface area contributed by atoms with Crippen molar-refractivity contribution in [2.24, 2.45) is 5.92 Å². The van der Waals surface area contributed by atoms with E-state index in [0.717, 1.165) is 30.4 Å². The fourth-order valence-electron chi connectivity index (χ4n) is 2.20. The lowest BCUT2D eigenvalue weighted by atomic mass is 9.92. The molecule has 1 nitrogen and oxygen atoms in total. The average Bonchev–Trinajstić information content (AvgIpc) is 2.34. The summed E-state index contributed by atoms with van der Waals surface area (Å²) < 4.78 is 26.5. The van der Waals surface area contributed by atoms with Gasteiger partial charge in [-0.15, -0.1) is 0 Å². The van der Waals surface area contributed by atoms with Gasteiger partial charge in [-0.05, 0) is 42.8 Å². The first-order valence-electron chi connectivity index (χ1n) is 5.88. The Bertz CT molecular complexity index is 378. The van der Waals surface area contributed by atoms with E-state index in [1.807, 2.05) is 11.8 Å². The normalized spacial score (nSPS) is 19.2. The van der Waals surface area contributed by atoms with Crippen molar-refractivity contribution in [2.75, 3.05) is 11.5 Å². The monoisotopic (exact) mass is 258 g/mol. The van der Waals surface area contributed by atoms with E-state index in [1.54, 1.807) is 0 Å². The molecule has 1 saturated heterocycles. The molecule has 1 atom stereocenters. The molecule has 0 aromatic heterocycles. The summed E-state index contributed by atoms with van der Waals surface area (Å²) in [7, 11) is 0. The molecule has 2 rings (SSSR count). The van der Waals surface area contributed by atoms with Crippen molar-refractivity contribution in [3.05, 3.63) is 35.4 Å². The second-order valence-electron chi connectivity index (χ2n) is 4.45. The third kappa shape index (κ3) is 3.19. The van der Waals surface area contributed by atoms with Gasteiger partial charge in [-0.3, -0.25) is 0 Å². The van der Waals surface area contributed by atoms with Crippen molar-refractivity contribution in [3.63, 3.8) is 0 Å². The molecule has 1 aromatic carbocycles. The first kappa shape index (κ1) is 12.8. The molecule has 0 saturated carbocycles. The van der Waals surface area contributed by atoms with Crippen LogP contribution in [0.1, 0.15) is 30.9 Å². The lowest BCUT2D eigenvalue weighted by Crippen LogP contribution is -2.14. The molecule has 1 fully saturated rings. The van der Waals surface area contributed by atoms with Gasteiger partial charge in [0.25, 0.3) is 0 Å². The van der Waals surface area contributed by atoms with Crippen LogP contribution in [0.3, 0.4) is 0 Å². The number of benzene rings is 1. The second kappa shape index (κ2) is 5.83. The molecule has 0 bridgehead atoms. The fourth-order valence-corrected chi connectivity index (χ4v) is 3.41. The molecule has 1 aliphatic rings. The molecule has 0 radical (unpaired) electrons. The zero-order chi connectivity index (χ0) is 12.3. The third-order valence-electron chi connectivity index (χ3n) is 3.24. The Morgan fingerprint density at radius 2 is 2.00 bits per heavy atom. The van der Waals surface area contributed by atoms with E-state index < -0.39 is 17.7 Å². The van der Waals surface area contributed by atoms with Crippen LogP contribution in [0.15, 0.2) is 18.2 Å². The highest BCUT2D eigenvalue weighted by Crippen LogP contribution is 2.32. The minimum absolute atomic E-state index is 0.0863. The van der Waals surface area contributed by atoms with Gasteiger partial charge in [0, 0.05) is 5.56 Å². The minimum Gasteiger partial charge on any atom is -0.388 e. The van der Waals surface area contributed by atoms with Crippen LogP contribution in [0, 0.1) is 17.6 Å². The zero-order valence-corrected chi connectivity index (χ0v) is 10.4. The van der Waals surface area contributed by atoms with Gasteiger partial charge in [0.2, 0.25) is 0 Å². The Balaban J connectivity index is 2.03. The van der Waals surface area contributed by atoms with Gasteiger partial charge in [0.05, 0.1) is 6.10 Å². The fraction of sp³-hybridized carbons (Fsp3) is 0.538. The summed E-state index contributed by atoms with van der Waals surface area (Å²) >= 11 is 1.91. The first-order valence-corrected chi connectivity index (χ1v) is 7.03. The Hall–Kier alpha value is -0.610. The summed E-state index contributed by atoms with van der Waals surface area (Å²) in [5.74, 6) is 0.825. The molecular weight excluding hydrogens is 242 g/mol. The summed E-state index contributed by atoms with van der Waals surface area (Å²) in [4.78, 5) is 0. The van der Waals surface area contributed by atoms with Crippen molar-refractivity contribution >= 4 is 11.8 Å². The Morgan fingerprint density at radius 1 is 1.29 bits per heavy atom. The van der Waals surface area contributed by atoms with Crippen LogP contribution in [-0.4, -0.2) is 16.6 Å². The SMILES string of the molecule is OC(CC1CCSCC1)c1cccc(F)c1F. The summed E-state index contributed by atoms with van der Waals surface area (Å²) in [5.41, 5.74) is 0.0863. The Kier molecular flexibility index (Phi) is 4.40. The molecule has 4 heteroatoms. The van der Waals surface area contributed by atoms with Crippen LogP contribution in [0.4, 0.5) is 8.78 Å². The van der Waals surface area contributed by atoms with Crippen molar-refractivity contribution in [1.82, 2.24) is 0 Å². The zero-order valence-electron chi connectivity index (χ0n) is 9.53. The smallest absolute Gasteiger partial charge is 0.164 e. The molecule has 1 heterocycles. The summed E-state index contributed by atoms with van der Waals surface area (Å²) in [6.07, 6.45) is 1.75. The molecule has 1 aromatic rings. The van der Waals surface area contributed by atoms with Gasteiger partial charge in [-0.25, -0.2) is 8.78 Å². The summed E-state index contributed by atoms with van der Waals surface area (Å²) in [5, 5.41) is 9.96. The van der Waals surface area contributed by atoms with Gasteiger partial charge in [0.15, 0.2) is 11.6 Å². The third-order valence-corrected chi connectivity index (χ3v) is 4.29. The summed E-state index contributed by atoms with van der Waals surface area (Å²) in [6.45, 7) is 0. The maximum atomic E-state index is 13.5. The van der Waals surface area contributed by atoms with Crippen LogP contribution in [0.25, 0.3) is 0 Å². The van der Waals surface area contributed by atoms with E-state index in [9.17, 15) is 13.9 Å². The largest absolute Gasteiger partial charge is 0.388 e. The number of aliphatic hydroxyl groups is 1. The van der Waals surface area contributed by atoms with Crippen LogP contribution in [0.5, 0.6) is 0 Å². The van der Waals surface area contributed by atoms with E-state index in [2.05, 4.69) is 0 Å². The van der Waals surface area contributed by atoms with E-state index in [-0.39, 0.29) is 5.56 Å². The lowest BCUT2D eigenvalue weighted by molar-refractivity contribution is 0.136. The van der Waals surface area contributed by atoms with Crippen LogP contribution in [0.2, 0.25) is 0 Å². The van der Waals surface area contributed by atoms with Crippen molar-refractivity contribution in [2.45, 2.75) is 25.4 Å². The van der Waals surface area contributed by atoms with Gasteiger partial charge in [-0.2, -0.15) is 11.8 Å². The highest BCUT2D eigenvalue weighted by atomic mass is 32.2. The van der Waals surface area contributed by atoms with E-state index in [1.165, 1.54) is 12.1 Å². The maximum Gasteiger partial charge on any atom is 0.164 e. The molecule has 0 aliphatic carbocycles. The second-order valence-corrected chi connectivity index (χ2v) is 5.68. The molecule has 1 unspecified atom stereocenters. The number of halogens is 2. The van der Waals surface area contributed by atoms with Gasteiger partial charge >= 0.3 is 0 Å². The standard InChI is InChI=1S/C13H16F2OS/c14-11-3-1-2-10(13(11)15)12(16)8-9-4-6-17-7-5-9/h1-3,9,12,16H,4-8H2. The van der Waals surface area contributed by atoms with E-state index >= 15 is 0 Å². The lowest BCUT2D eigenvalue weighted by Gasteiger charge is -2.24. The first-order chi connectivity index (χ1) is 8.18. The van der Waals surface area contributed by atoms with E-state index in [4.69, 9.17) is 0 Å². The number of aliphatic hydroxyl groups excluding tert-OH is 1. The van der Waals surface area contributed by atoms with Crippen molar-refractivity contribution in [1.29, 1.82) is 0 Å². The number of thioether (sulfide) groups is 1. The Labute approximate surface area is 104 Å². The summed E-state index contributed by atoms with van der Waals surface area (Å²) in [6, 6.07) is 3.97. The predicted octanol–water partition coefficient (Wildman–Crippen LogP) is 3.53. The predicted molar refractivity (Wildman–Crippen MR) is 66.0 cm³/mol. The van der Waals surface area contributed by atoms with Crippen molar-refractivity contribution in [3.8, 4) is 0 Å². The van der Waals surface area contributed by atoms with Gasteiger partial charge < -0.3 is 5.11 Å². The molecular formula is C13H16F2OS. The highest BCUT2D eigenvalue weighted by molar-refractivity contribution is 7.99. The minimum atomic E-state index is -0.912. The molecule has 0 spiro atoms. The molecule has 1 aliphatic heterocycles. The number of hydrogen-bond donors (Lipinski definition) is 1. The van der Waals surface area contributed by atoms with Crippen LogP contribution < -0.4 is 0 Å². The average molecular weight is 258 g/mol. The topological polar surface area (TPSA) is 20.2 Å². The van der Waals surface area contributed by atoms with Crippen LogP contribution in [-0.2, 0) is 0 Å². The highest BCUT2D eigenvalue weighted by Gasteiger charge is 2.21. The van der Waals surface area contributed by atoms with Gasteiger partial charge in [0.1, 0.15) is 0 Å². The van der Waals surface area contributed by atoms with E-state index in [0.29, 0.717) is 12.3 Å². The maximum absolute atomic E-state index is 13.5. The Morgan fingerprint density at radius 3 is 2.71 bits per heavy atom. The van der Waals surface area contributed by atoms with Crippen molar-refractivity contribution < 1.29 is 13.9 Å². The molecule has 94 valence electrons. The molecule has 0 amide bonds. The molecule has 17 heavy (non-hydrogen) atoms. The molecule has 1 N–H and O–H groups in total. The number of rotatable bonds is 3. The number of hydrogen-bond acceptors (Lipinski definition) is 2.